The molecule has 0 bridgehead atoms. The van der Waals surface area contributed by atoms with Gasteiger partial charge in [0.15, 0.2) is 6.10 Å². The van der Waals surface area contributed by atoms with Gasteiger partial charge in [-0.25, -0.2) is 4.39 Å². The zero-order valence-corrected chi connectivity index (χ0v) is 12.0. The standard InChI is InChI=1S/C14H21FN2O3/c1-9(16)12-5-4-11(8-13(12)15)20-10(2)14(18)17-6-7-19-3/h4-5,8-10H,6-7,16H2,1-3H3,(H,17,18)/t9-,10?/m0/s1. The normalized spacial score (nSPS) is 13.7. The molecule has 0 spiro atoms. The zero-order valence-electron chi connectivity index (χ0n) is 12.0. The summed E-state index contributed by atoms with van der Waals surface area (Å²) in [5, 5.41) is 2.65. The molecular weight excluding hydrogens is 263 g/mol. The Labute approximate surface area is 118 Å². The first-order chi connectivity index (χ1) is 9.45. The van der Waals surface area contributed by atoms with Crippen molar-refractivity contribution in [1.29, 1.82) is 0 Å². The third-order valence-corrected chi connectivity index (χ3v) is 2.75. The molecular formula is C14H21FN2O3. The molecule has 112 valence electrons. The Hall–Kier alpha value is -1.66. The summed E-state index contributed by atoms with van der Waals surface area (Å²) < 4.78 is 23.9. The van der Waals surface area contributed by atoms with E-state index >= 15 is 0 Å². The molecule has 0 aliphatic heterocycles. The zero-order chi connectivity index (χ0) is 15.1. The smallest absolute Gasteiger partial charge is 0.260 e. The lowest BCUT2D eigenvalue weighted by Gasteiger charge is -2.15. The summed E-state index contributed by atoms with van der Waals surface area (Å²) in [4.78, 5) is 11.7. The monoisotopic (exact) mass is 284 g/mol. The number of benzene rings is 1. The highest BCUT2D eigenvalue weighted by Gasteiger charge is 2.15. The van der Waals surface area contributed by atoms with E-state index in [1.807, 2.05) is 0 Å². The molecule has 5 nitrogen and oxygen atoms in total. The van der Waals surface area contributed by atoms with Crippen LogP contribution in [0, 0.1) is 5.82 Å². The lowest BCUT2D eigenvalue weighted by atomic mass is 10.1. The second-order valence-electron chi connectivity index (χ2n) is 4.52. The van der Waals surface area contributed by atoms with Crippen LogP contribution in [0.25, 0.3) is 0 Å². The molecule has 6 heteroatoms. The minimum Gasteiger partial charge on any atom is -0.481 e. The van der Waals surface area contributed by atoms with Gasteiger partial charge in [0.2, 0.25) is 0 Å². The predicted molar refractivity (Wildman–Crippen MR) is 74.0 cm³/mol. The Bertz CT molecular complexity index is 452. The summed E-state index contributed by atoms with van der Waals surface area (Å²) in [6, 6.07) is 4.00. The van der Waals surface area contributed by atoms with E-state index in [-0.39, 0.29) is 11.9 Å². The van der Waals surface area contributed by atoms with Crippen molar-refractivity contribution in [2.24, 2.45) is 5.73 Å². The highest BCUT2D eigenvalue weighted by molar-refractivity contribution is 5.80. The number of ether oxygens (including phenoxy) is 2. The van der Waals surface area contributed by atoms with Gasteiger partial charge in [0.05, 0.1) is 6.61 Å². The minimum absolute atomic E-state index is 0.279. The molecule has 0 saturated heterocycles. The van der Waals surface area contributed by atoms with E-state index in [4.69, 9.17) is 15.2 Å². The summed E-state index contributed by atoms with van der Waals surface area (Å²) in [6.07, 6.45) is -0.715. The molecule has 1 aromatic carbocycles. The molecule has 0 aliphatic carbocycles. The van der Waals surface area contributed by atoms with Gasteiger partial charge in [-0.1, -0.05) is 6.07 Å². The fourth-order valence-electron chi connectivity index (χ4n) is 1.63. The number of nitrogens with two attached hydrogens (primary N) is 1. The number of halogens is 1. The van der Waals surface area contributed by atoms with E-state index in [0.717, 1.165) is 0 Å². The van der Waals surface area contributed by atoms with Crippen LogP contribution in [0.4, 0.5) is 4.39 Å². The molecule has 1 unspecified atom stereocenters. The number of hydrogen-bond acceptors (Lipinski definition) is 4. The van der Waals surface area contributed by atoms with Crippen molar-refractivity contribution >= 4 is 5.91 Å². The topological polar surface area (TPSA) is 73.6 Å². The van der Waals surface area contributed by atoms with Crippen molar-refractivity contribution < 1.29 is 18.7 Å². The maximum atomic E-state index is 13.7. The fraction of sp³-hybridized carbons (Fsp3) is 0.500. The highest BCUT2D eigenvalue weighted by atomic mass is 19.1. The van der Waals surface area contributed by atoms with Crippen LogP contribution in [0.5, 0.6) is 5.75 Å². The van der Waals surface area contributed by atoms with Crippen LogP contribution in [0.2, 0.25) is 0 Å². The lowest BCUT2D eigenvalue weighted by Crippen LogP contribution is -2.37. The third-order valence-electron chi connectivity index (χ3n) is 2.75. The average molecular weight is 284 g/mol. The fourth-order valence-corrected chi connectivity index (χ4v) is 1.63. The number of methoxy groups -OCH3 is 1. The number of rotatable bonds is 7. The van der Waals surface area contributed by atoms with Gasteiger partial charge in [0, 0.05) is 31.3 Å². The maximum Gasteiger partial charge on any atom is 0.260 e. The molecule has 1 aromatic rings. The number of nitrogens with one attached hydrogen (secondary N) is 1. The van der Waals surface area contributed by atoms with Crippen LogP contribution in [0.3, 0.4) is 0 Å². The summed E-state index contributed by atoms with van der Waals surface area (Å²) in [5.74, 6) is -0.426. The quantitative estimate of drug-likeness (QED) is 0.742. The van der Waals surface area contributed by atoms with E-state index in [2.05, 4.69) is 5.32 Å². The summed E-state index contributed by atoms with van der Waals surface area (Å²) in [7, 11) is 1.55. The van der Waals surface area contributed by atoms with E-state index in [1.165, 1.54) is 6.07 Å². The van der Waals surface area contributed by atoms with Crippen LogP contribution in [-0.4, -0.2) is 32.3 Å². The van der Waals surface area contributed by atoms with E-state index in [1.54, 1.807) is 33.1 Å². The van der Waals surface area contributed by atoms with Crippen LogP contribution in [0.1, 0.15) is 25.5 Å². The molecule has 0 saturated carbocycles. The highest BCUT2D eigenvalue weighted by Crippen LogP contribution is 2.21. The van der Waals surface area contributed by atoms with Crippen LogP contribution < -0.4 is 15.8 Å². The third kappa shape index (κ3) is 4.79. The molecule has 0 aliphatic rings. The SMILES string of the molecule is COCCNC(=O)C(C)Oc1ccc([C@H](C)N)c(F)c1. The van der Waals surface area contributed by atoms with Gasteiger partial charge in [-0.2, -0.15) is 0 Å². The molecule has 2 atom stereocenters. The van der Waals surface area contributed by atoms with Crippen molar-refractivity contribution in [2.45, 2.75) is 26.0 Å². The van der Waals surface area contributed by atoms with Crippen LogP contribution >= 0.6 is 0 Å². The first-order valence-corrected chi connectivity index (χ1v) is 6.44. The second kappa shape index (κ2) is 7.81. The van der Waals surface area contributed by atoms with Gasteiger partial charge >= 0.3 is 0 Å². The summed E-state index contributed by atoms with van der Waals surface area (Å²) in [5.41, 5.74) is 6.04. The van der Waals surface area contributed by atoms with Gasteiger partial charge in [0.25, 0.3) is 5.91 Å². The molecule has 20 heavy (non-hydrogen) atoms. The van der Waals surface area contributed by atoms with Gasteiger partial charge in [-0.3, -0.25) is 4.79 Å². The molecule has 0 fully saturated rings. The Morgan fingerprint density at radius 3 is 2.70 bits per heavy atom. The van der Waals surface area contributed by atoms with Crippen molar-refractivity contribution in [3.05, 3.63) is 29.6 Å². The first kappa shape index (κ1) is 16.4. The summed E-state index contributed by atoms with van der Waals surface area (Å²) >= 11 is 0. The Morgan fingerprint density at radius 1 is 1.45 bits per heavy atom. The molecule has 1 amide bonds. The Balaban J connectivity index is 2.59. The number of hydrogen-bond donors (Lipinski definition) is 2. The first-order valence-electron chi connectivity index (χ1n) is 6.44. The van der Waals surface area contributed by atoms with Crippen molar-refractivity contribution in [3.8, 4) is 5.75 Å². The van der Waals surface area contributed by atoms with Crippen LogP contribution in [-0.2, 0) is 9.53 Å². The average Bonchev–Trinajstić information content (AvgIpc) is 2.38. The van der Waals surface area contributed by atoms with Crippen molar-refractivity contribution in [1.82, 2.24) is 5.32 Å². The largest absolute Gasteiger partial charge is 0.481 e. The minimum atomic E-state index is -0.715. The van der Waals surface area contributed by atoms with Gasteiger partial charge in [-0.05, 0) is 19.9 Å². The number of amides is 1. The molecule has 1 rings (SSSR count). The number of carbonyl (C=O) groups is 1. The Morgan fingerprint density at radius 2 is 2.15 bits per heavy atom. The van der Waals surface area contributed by atoms with E-state index in [9.17, 15) is 9.18 Å². The van der Waals surface area contributed by atoms with E-state index < -0.39 is 11.9 Å². The molecule has 0 aromatic heterocycles. The molecule has 3 N–H and O–H groups in total. The van der Waals surface area contributed by atoms with Crippen molar-refractivity contribution in [3.63, 3.8) is 0 Å². The van der Waals surface area contributed by atoms with Crippen LogP contribution in [0.15, 0.2) is 18.2 Å². The van der Waals surface area contributed by atoms with Gasteiger partial charge in [0.1, 0.15) is 11.6 Å². The summed E-state index contributed by atoms with van der Waals surface area (Å²) in [6.45, 7) is 4.13. The predicted octanol–water partition coefficient (Wildman–Crippen LogP) is 1.38. The van der Waals surface area contributed by atoms with E-state index in [0.29, 0.717) is 24.5 Å². The van der Waals surface area contributed by atoms with Gasteiger partial charge in [-0.15, -0.1) is 0 Å². The van der Waals surface area contributed by atoms with Crippen molar-refractivity contribution in [2.75, 3.05) is 20.3 Å². The second-order valence-corrected chi connectivity index (χ2v) is 4.52. The number of carbonyl (C=O) groups excluding carboxylic acids is 1. The van der Waals surface area contributed by atoms with Gasteiger partial charge < -0.3 is 20.5 Å². The lowest BCUT2D eigenvalue weighted by molar-refractivity contribution is -0.127. The molecule has 0 radical (unpaired) electrons. The Kier molecular flexibility index (Phi) is 6.41. The molecule has 0 heterocycles. The maximum absolute atomic E-state index is 13.7.